The van der Waals surface area contributed by atoms with Crippen LogP contribution in [0.5, 0.6) is 0 Å². The average molecular weight is 325 g/mol. The van der Waals surface area contributed by atoms with Crippen molar-refractivity contribution in [2.24, 2.45) is 5.92 Å². The van der Waals surface area contributed by atoms with Gasteiger partial charge in [0.05, 0.1) is 12.5 Å². The van der Waals surface area contributed by atoms with Crippen molar-refractivity contribution in [1.82, 2.24) is 9.88 Å². The lowest BCUT2D eigenvalue weighted by molar-refractivity contribution is -0.149. The maximum atomic E-state index is 12.6. The van der Waals surface area contributed by atoms with E-state index in [1.165, 1.54) is 0 Å². The number of piperidine rings is 1. The predicted octanol–water partition coefficient (Wildman–Crippen LogP) is 2.71. The first-order valence-electron chi connectivity index (χ1n) is 7.67. The Hall–Kier alpha value is -1.62. The number of esters is 1. The van der Waals surface area contributed by atoms with E-state index < -0.39 is 0 Å². The zero-order valence-electron chi connectivity index (χ0n) is 13.0. The van der Waals surface area contributed by atoms with Crippen molar-refractivity contribution >= 4 is 23.5 Å². The van der Waals surface area contributed by atoms with Gasteiger partial charge in [-0.1, -0.05) is 18.5 Å². The number of carbonyl (C=O) groups is 2. The van der Waals surface area contributed by atoms with Gasteiger partial charge < -0.3 is 9.64 Å². The van der Waals surface area contributed by atoms with Crippen molar-refractivity contribution in [1.29, 1.82) is 0 Å². The number of aromatic nitrogens is 1. The van der Waals surface area contributed by atoms with E-state index >= 15 is 0 Å². The zero-order valence-corrected chi connectivity index (χ0v) is 13.7. The van der Waals surface area contributed by atoms with E-state index in [-0.39, 0.29) is 17.8 Å². The minimum Gasteiger partial charge on any atom is -0.466 e. The first kappa shape index (κ1) is 16.7. The molecule has 120 valence electrons. The Labute approximate surface area is 135 Å². The van der Waals surface area contributed by atoms with E-state index in [0.717, 1.165) is 18.5 Å². The molecule has 0 aliphatic carbocycles. The van der Waals surface area contributed by atoms with Crippen molar-refractivity contribution in [3.05, 3.63) is 28.5 Å². The van der Waals surface area contributed by atoms with Crippen LogP contribution in [0, 0.1) is 5.92 Å². The van der Waals surface area contributed by atoms with Gasteiger partial charge in [0.1, 0.15) is 5.15 Å². The summed E-state index contributed by atoms with van der Waals surface area (Å²) in [5.41, 5.74) is 1.32. The fourth-order valence-corrected chi connectivity index (χ4v) is 2.88. The Morgan fingerprint density at radius 3 is 2.86 bits per heavy atom. The van der Waals surface area contributed by atoms with Crippen molar-refractivity contribution in [2.45, 2.75) is 33.1 Å². The quantitative estimate of drug-likeness (QED) is 0.631. The summed E-state index contributed by atoms with van der Waals surface area (Å²) in [6, 6.07) is 3.35. The van der Waals surface area contributed by atoms with E-state index in [0.29, 0.717) is 36.8 Å². The number of ether oxygens (including phenoxy) is 1. The number of likely N-dealkylation sites (tertiary alicyclic amines) is 1. The third-order valence-electron chi connectivity index (χ3n) is 3.78. The van der Waals surface area contributed by atoms with Crippen LogP contribution < -0.4 is 0 Å². The van der Waals surface area contributed by atoms with Crippen LogP contribution in [0.4, 0.5) is 0 Å². The van der Waals surface area contributed by atoms with Gasteiger partial charge in [-0.05, 0) is 38.3 Å². The third kappa shape index (κ3) is 3.97. The smallest absolute Gasteiger partial charge is 0.310 e. The summed E-state index contributed by atoms with van der Waals surface area (Å²) >= 11 is 5.98. The molecule has 1 fully saturated rings. The van der Waals surface area contributed by atoms with Crippen molar-refractivity contribution in [3.63, 3.8) is 0 Å². The highest BCUT2D eigenvalue weighted by molar-refractivity contribution is 6.29. The lowest BCUT2D eigenvalue weighted by atomic mass is 9.97. The lowest BCUT2D eigenvalue weighted by Gasteiger charge is -2.31. The SMILES string of the molecule is CCOC(=O)[C@@H]1CCCN(C(=O)c2cc(Cl)nc(CC)c2)C1. The van der Waals surface area contributed by atoms with E-state index in [1.54, 1.807) is 24.0 Å². The van der Waals surface area contributed by atoms with Crippen LogP contribution in [0.3, 0.4) is 0 Å². The predicted molar refractivity (Wildman–Crippen MR) is 83.9 cm³/mol. The van der Waals surface area contributed by atoms with E-state index in [4.69, 9.17) is 16.3 Å². The summed E-state index contributed by atoms with van der Waals surface area (Å²) in [5.74, 6) is -0.560. The van der Waals surface area contributed by atoms with E-state index in [2.05, 4.69) is 4.98 Å². The molecular formula is C16H21ClN2O3. The third-order valence-corrected chi connectivity index (χ3v) is 3.98. The van der Waals surface area contributed by atoms with Crippen molar-refractivity contribution < 1.29 is 14.3 Å². The molecule has 0 bridgehead atoms. The van der Waals surface area contributed by atoms with Crippen LogP contribution >= 0.6 is 11.6 Å². The molecule has 0 N–H and O–H groups in total. The average Bonchev–Trinajstić information content (AvgIpc) is 2.53. The monoisotopic (exact) mass is 324 g/mol. The molecule has 1 amide bonds. The number of amides is 1. The Morgan fingerprint density at radius 2 is 2.18 bits per heavy atom. The maximum Gasteiger partial charge on any atom is 0.310 e. The number of pyridine rings is 1. The maximum absolute atomic E-state index is 12.6. The van der Waals surface area contributed by atoms with Gasteiger partial charge in [-0.25, -0.2) is 4.98 Å². The summed E-state index contributed by atoms with van der Waals surface area (Å²) in [5, 5.41) is 0.321. The molecule has 1 aromatic rings. The molecule has 0 spiro atoms. The summed E-state index contributed by atoms with van der Waals surface area (Å²) < 4.78 is 5.06. The molecule has 1 aliphatic rings. The number of halogens is 1. The number of hydrogen-bond donors (Lipinski definition) is 0. The molecule has 2 rings (SSSR count). The number of carbonyl (C=O) groups excluding carboxylic acids is 2. The number of aryl methyl sites for hydroxylation is 1. The highest BCUT2D eigenvalue weighted by Gasteiger charge is 2.30. The van der Waals surface area contributed by atoms with Gasteiger partial charge in [-0.3, -0.25) is 9.59 Å². The van der Waals surface area contributed by atoms with Crippen molar-refractivity contribution in [2.75, 3.05) is 19.7 Å². The van der Waals surface area contributed by atoms with Crippen LogP contribution in [0.2, 0.25) is 5.15 Å². The minimum absolute atomic E-state index is 0.104. The Morgan fingerprint density at radius 1 is 1.41 bits per heavy atom. The largest absolute Gasteiger partial charge is 0.466 e. The minimum atomic E-state index is -0.236. The fraction of sp³-hybridized carbons (Fsp3) is 0.562. The lowest BCUT2D eigenvalue weighted by Crippen LogP contribution is -2.42. The summed E-state index contributed by atoms with van der Waals surface area (Å²) in [6.45, 7) is 5.16. The zero-order chi connectivity index (χ0) is 16.1. The normalized spacial score (nSPS) is 18.1. The Bertz CT molecular complexity index is 562. The summed E-state index contributed by atoms with van der Waals surface area (Å²) in [4.78, 5) is 30.4. The van der Waals surface area contributed by atoms with E-state index in [9.17, 15) is 9.59 Å². The summed E-state index contributed by atoms with van der Waals surface area (Å²) in [7, 11) is 0. The molecule has 0 aromatic carbocycles. The van der Waals surface area contributed by atoms with Gasteiger partial charge in [0.2, 0.25) is 0 Å². The second kappa shape index (κ2) is 7.58. The molecule has 22 heavy (non-hydrogen) atoms. The molecule has 0 saturated carbocycles. The van der Waals surface area contributed by atoms with Crippen molar-refractivity contribution in [3.8, 4) is 0 Å². The van der Waals surface area contributed by atoms with Gasteiger partial charge in [0.25, 0.3) is 5.91 Å². The fourth-order valence-electron chi connectivity index (χ4n) is 2.65. The molecule has 0 unspecified atom stereocenters. The molecular weight excluding hydrogens is 304 g/mol. The molecule has 1 aromatic heterocycles. The number of rotatable bonds is 4. The molecule has 0 radical (unpaired) electrons. The van der Waals surface area contributed by atoms with Gasteiger partial charge in [-0.2, -0.15) is 0 Å². The number of nitrogens with zero attached hydrogens (tertiary/aromatic N) is 2. The Kier molecular flexibility index (Phi) is 5.77. The van der Waals surface area contributed by atoms with Crippen LogP contribution in [-0.2, 0) is 16.0 Å². The molecule has 5 nitrogen and oxygen atoms in total. The topological polar surface area (TPSA) is 59.5 Å². The van der Waals surface area contributed by atoms with Crippen LogP contribution in [0.25, 0.3) is 0 Å². The molecule has 6 heteroatoms. The van der Waals surface area contributed by atoms with Crippen LogP contribution in [0.15, 0.2) is 12.1 Å². The van der Waals surface area contributed by atoms with Gasteiger partial charge in [0.15, 0.2) is 0 Å². The highest BCUT2D eigenvalue weighted by atomic mass is 35.5. The van der Waals surface area contributed by atoms with E-state index in [1.807, 2.05) is 6.92 Å². The molecule has 1 saturated heterocycles. The molecule has 1 atom stereocenters. The van der Waals surface area contributed by atoms with Gasteiger partial charge >= 0.3 is 5.97 Å². The summed E-state index contributed by atoms with van der Waals surface area (Å²) in [6.07, 6.45) is 2.28. The van der Waals surface area contributed by atoms with Crippen LogP contribution in [-0.4, -0.2) is 41.5 Å². The Balaban J connectivity index is 2.12. The highest BCUT2D eigenvalue weighted by Crippen LogP contribution is 2.21. The number of hydrogen-bond acceptors (Lipinski definition) is 4. The second-order valence-electron chi connectivity index (χ2n) is 5.37. The first-order valence-corrected chi connectivity index (χ1v) is 8.05. The van der Waals surface area contributed by atoms with Gasteiger partial charge in [0, 0.05) is 24.3 Å². The van der Waals surface area contributed by atoms with Crippen LogP contribution in [0.1, 0.15) is 42.7 Å². The van der Waals surface area contributed by atoms with Gasteiger partial charge in [-0.15, -0.1) is 0 Å². The standard InChI is InChI=1S/C16H21ClN2O3/c1-3-13-8-12(9-14(17)18-13)15(20)19-7-5-6-11(10-19)16(21)22-4-2/h8-9,11H,3-7,10H2,1-2H3/t11-/m1/s1. The first-order chi connectivity index (χ1) is 10.5. The second-order valence-corrected chi connectivity index (χ2v) is 5.75. The molecule has 2 heterocycles. The molecule has 1 aliphatic heterocycles.